The zero-order chi connectivity index (χ0) is 12.0. The van der Waals surface area contributed by atoms with Crippen molar-refractivity contribution < 1.29 is 4.79 Å². The maximum atomic E-state index is 11.3. The maximum Gasteiger partial charge on any atom is 0.223 e. The molecule has 0 heterocycles. The summed E-state index contributed by atoms with van der Waals surface area (Å²) >= 11 is 0. The lowest BCUT2D eigenvalue weighted by molar-refractivity contribution is -0.128. The molecule has 1 rings (SSSR count). The molecule has 0 atom stereocenters. The smallest absolute Gasteiger partial charge is 0.223 e. The van der Waals surface area contributed by atoms with Gasteiger partial charge in [0.25, 0.3) is 0 Å². The summed E-state index contributed by atoms with van der Waals surface area (Å²) in [6, 6.07) is 0.586. The summed E-state index contributed by atoms with van der Waals surface area (Å²) in [5.41, 5.74) is 0. The van der Waals surface area contributed by atoms with Crippen molar-refractivity contribution >= 4 is 35.8 Å². The highest BCUT2D eigenvalue weighted by Gasteiger charge is 2.21. The highest BCUT2D eigenvalue weighted by atomic mass is 127. The van der Waals surface area contributed by atoms with Gasteiger partial charge in [-0.15, -0.1) is 24.0 Å². The zero-order valence-corrected chi connectivity index (χ0v) is 13.2. The Bertz CT molecular complexity index is 264. The highest BCUT2D eigenvalue weighted by Crippen LogP contribution is 2.18. The van der Waals surface area contributed by atoms with Crippen LogP contribution in [-0.2, 0) is 4.79 Å². The summed E-state index contributed by atoms with van der Waals surface area (Å²) < 4.78 is 0. The number of carbonyl (C=O) groups excluding carboxylic acids is 1. The predicted octanol–water partition coefficient (Wildman–Crippen LogP) is 0.800. The van der Waals surface area contributed by atoms with Crippen LogP contribution < -0.4 is 10.6 Å². The third-order valence-electron chi connectivity index (χ3n) is 2.36. The van der Waals surface area contributed by atoms with Crippen molar-refractivity contribution in [1.29, 1.82) is 0 Å². The lowest BCUT2D eigenvalue weighted by Crippen LogP contribution is -2.38. The Kier molecular flexibility index (Phi) is 8.28. The largest absolute Gasteiger partial charge is 0.357 e. The SMILES string of the molecule is CCNC(=NCCC(=O)N(C)C)NC1CC1.I. The van der Waals surface area contributed by atoms with Gasteiger partial charge in [0, 0.05) is 33.1 Å². The second-order valence-electron chi connectivity index (χ2n) is 4.22. The van der Waals surface area contributed by atoms with E-state index in [0.717, 1.165) is 12.5 Å². The van der Waals surface area contributed by atoms with Crippen LogP contribution in [0.4, 0.5) is 0 Å². The topological polar surface area (TPSA) is 56.7 Å². The van der Waals surface area contributed by atoms with Crippen molar-refractivity contribution in [2.75, 3.05) is 27.2 Å². The standard InChI is InChI=1S/C11H22N4O.HI/c1-4-12-11(14-9-5-6-9)13-8-7-10(16)15(2)3;/h9H,4-8H2,1-3H3,(H2,12,13,14);1H. The van der Waals surface area contributed by atoms with Crippen molar-refractivity contribution in [3.63, 3.8) is 0 Å². The first-order valence-electron chi connectivity index (χ1n) is 5.88. The van der Waals surface area contributed by atoms with Crippen LogP contribution in [0.2, 0.25) is 0 Å². The minimum atomic E-state index is 0. The molecule has 0 aliphatic heterocycles. The van der Waals surface area contributed by atoms with Crippen LogP contribution in [0.15, 0.2) is 4.99 Å². The summed E-state index contributed by atoms with van der Waals surface area (Å²) in [4.78, 5) is 17.3. The van der Waals surface area contributed by atoms with Crippen LogP contribution in [0.1, 0.15) is 26.2 Å². The van der Waals surface area contributed by atoms with Crippen molar-refractivity contribution in [1.82, 2.24) is 15.5 Å². The van der Waals surface area contributed by atoms with E-state index in [1.54, 1.807) is 19.0 Å². The van der Waals surface area contributed by atoms with Gasteiger partial charge in [-0.05, 0) is 19.8 Å². The number of nitrogens with zero attached hydrogens (tertiary/aromatic N) is 2. The Morgan fingerprint density at radius 2 is 2.06 bits per heavy atom. The fraction of sp³-hybridized carbons (Fsp3) is 0.818. The summed E-state index contributed by atoms with van der Waals surface area (Å²) in [6.45, 7) is 3.42. The number of halogens is 1. The molecule has 0 bridgehead atoms. The number of guanidine groups is 1. The summed E-state index contributed by atoms with van der Waals surface area (Å²) in [6.07, 6.45) is 2.91. The quantitative estimate of drug-likeness (QED) is 0.436. The van der Waals surface area contributed by atoms with Gasteiger partial charge in [-0.25, -0.2) is 0 Å². The molecule has 0 aromatic heterocycles. The molecular formula is C11H23IN4O. The average Bonchev–Trinajstić information content (AvgIpc) is 3.01. The monoisotopic (exact) mass is 354 g/mol. The van der Waals surface area contributed by atoms with Gasteiger partial charge in [0.2, 0.25) is 5.91 Å². The number of hydrogen-bond donors (Lipinski definition) is 2. The number of aliphatic imine (C=N–C) groups is 1. The Morgan fingerprint density at radius 1 is 1.41 bits per heavy atom. The van der Waals surface area contributed by atoms with Gasteiger partial charge >= 0.3 is 0 Å². The van der Waals surface area contributed by atoms with Gasteiger partial charge < -0.3 is 15.5 Å². The molecule has 0 spiro atoms. The van der Waals surface area contributed by atoms with E-state index in [1.807, 2.05) is 6.92 Å². The second kappa shape index (κ2) is 8.54. The number of amides is 1. The molecule has 1 aliphatic rings. The molecule has 2 N–H and O–H groups in total. The number of hydrogen-bond acceptors (Lipinski definition) is 2. The lowest BCUT2D eigenvalue weighted by atomic mass is 10.4. The maximum absolute atomic E-state index is 11.3. The molecule has 1 aliphatic carbocycles. The van der Waals surface area contributed by atoms with Crippen molar-refractivity contribution in [2.24, 2.45) is 4.99 Å². The molecule has 5 nitrogen and oxygen atoms in total. The van der Waals surface area contributed by atoms with Crippen LogP contribution in [0.25, 0.3) is 0 Å². The molecule has 1 fully saturated rings. The Hall–Kier alpha value is -0.530. The summed E-state index contributed by atoms with van der Waals surface area (Å²) in [7, 11) is 3.53. The molecule has 17 heavy (non-hydrogen) atoms. The van der Waals surface area contributed by atoms with Crippen LogP contribution in [0.3, 0.4) is 0 Å². The van der Waals surface area contributed by atoms with Crippen LogP contribution in [0.5, 0.6) is 0 Å². The minimum Gasteiger partial charge on any atom is -0.357 e. The van der Waals surface area contributed by atoms with Crippen LogP contribution in [-0.4, -0.2) is 50.0 Å². The number of rotatable bonds is 5. The van der Waals surface area contributed by atoms with E-state index < -0.39 is 0 Å². The normalized spacial score (nSPS) is 14.9. The Morgan fingerprint density at radius 3 is 2.53 bits per heavy atom. The summed E-state index contributed by atoms with van der Waals surface area (Å²) in [5.74, 6) is 0.947. The van der Waals surface area contributed by atoms with Gasteiger partial charge in [0.05, 0.1) is 6.54 Å². The fourth-order valence-corrected chi connectivity index (χ4v) is 1.23. The van der Waals surface area contributed by atoms with E-state index in [0.29, 0.717) is 19.0 Å². The Balaban J connectivity index is 0.00000256. The molecule has 0 saturated heterocycles. The van der Waals surface area contributed by atoms with Crippen molar-refractivity contribution in [2.45, 2.75) is 32.2 Å². The van der Waals surface area contributed by atoms with Crippen LogP contribution >= 0.6 is 24.0 Å². The highest BCUT2D eigenvalue weighted by molar-refractivity contribution is 14.0. The molecule has 100 valence electrons. The van der Waals surface area contributed by atoms with Gasteiger partial charge in [-0.1, -0.05) is 0 Å². The van der Waals surface area contributed by atoms with E-state index >= 15 is 0 Å². The third kappa shape index (κ3) is 7.40. The molecule has 1 saturated carbocycles. The second-order valence-corrected chi connectivity index (χ2v) is 4.22. The molecule has 1 amide bonds. The van der Waals surface area contributed by atoms with Gasteiger partial charge in [-0.2, -0.15) is 0 Å². The van der Waals surface area contributed by atoms with Gasteiger partial charge in [-0.3, -0.25) is 9.79 Å². The molecule has 6 heteroatoms. The number of carbonyl (C=O) groups is 1. The van der Waals surface area contributed by atoms with E-state index in [2.05, 4.69) is 15.6 Å². The van der Waals surface area contributed by atoms with E-state index in [9.17, 15) is 4.79 Å². The van der Waals surface area contributed by atoms with E-state index in [4.69, 9.17) is 0 Å². The average molecular weight is 354 g/mol. The number of nitrogens with one attached hydrogen (secondary N) is 2. The zero-order valence-electron chi connectivity index (χ0n) is 10.8. The molecule has 0 radical (unpaired) electrons. The minimum absolute atomic E-state index is 0. The Labute approximate surface area is 120 Å². The van der Waals surface area contributed by atoms with Crippen molar-refractivity contribution in [3.05, 3.63) is 0 Å². The van der Waals surface area contributed by atoms with E-state index in [1.165, 1.54) is 12.8 Å². The third-order valence-corrected chi connectivity index (χ3v) is 2.36. The molecule has 0 aromatic carbocycles. The molecule has 0 unspecified atom stereocenters. The first-order chi connectivity index (χ1) is 7.63. The first kappa shape index (κ1) is 16.5. The first-order valence-corrected chi connectivity index (χ1v) is 5.88. The van der Waals surface area contributed by atoms with E-state index in [-0.39, 0.29) is 29.9 Å². The predicted molar refractivity (Wildman–Crippen MR) is 80.9 cm³/mol. The molecular weight excluding hydrogens is 331 g/mol. The van der Waals surface area contributed by atoms with Crippen molar-refractivity contribution in [3.8, 4) is 0 Å². The lowest BCUT2D eigenvalue weighted by Gasteiger charge is -2.11. The summed E-state index contributed by atoms with van der Waals surface area (Å²) in [5, 5.41) is 6.48. The van der Waals surface area contributed by atoms with Gasteiger partial charge in [0.1, 0.15) is 0 Å². The fourth-order valence-electron chi connectivity index (χ4n) is 1.23. The molecule has 0 aromatic rings. The van der Waals surface area contributed by atoms with Gasteiger partial charge in [0.15, 0.2) is 5.96 Å². The van der Waals surface area contributed by atoms with Crippen LogP contribution in [0, 0.1) is 0 Å².